The molecule has 0 N–H and O–H groups in total. The first-order chi connectivity index (χ1) is 12.2. The Morgan fingerprint density at radius 3 is 2.60 bits per heavy atom. The van der Waals surface area contributed by atoms with Crippen molar-refractivity contribution in [1.82, 2.24) is 4.90 Å². The molecule has 0 aliphatic carbocycles. The lowest BCUT2D eigenvalue weighted by molar-refractivity contribution is 0.0717. The Hall–Kier alpha value is -2.93. The third kappa shape index (κ3) is 3.95. The number of carbonyl (C=O) groups is 2. The highest BCUT2D eigenvalue weighted by atomic mass is 16.2. The summed E-state index contributed by atoms with van der Waals surface area (Å²) in [5, 5.41) is 8.83. The van der Waals surface area contributed by atoms with E-state index < -0.39 is 0 Å². The van der Waals surface area contributed by atoms with Crippen molar-refractivity contribution in [3.8, 4) is 6.07 Å². The van der Waals surface area contributed by atoms with Crippen LogP contribution in [0.25, 0.3) is 0 Å². The molecule has 1 fully saturated rings. The van der Waals surface area contributed by atoms with Crippen LogP contribution in [-0.4, -0.2) is 29.2 Å². The number of hydrogen-bond donors (Lipinski definition) is 0. The summed E-state index contributed by atoms with van der Waals surface area (Å²) in [6.07, 6.45) is 2.41. The van der Waals surface area contributed by atoms with Crippen molar-refractivity contribution in [2.75, 3.05) is 6.54 Å². The summed E-state index contributed by atoms with van der Waals surface area (Å²) in [6.45, 7) is 0.675. The summed E-state index contributed by atoms with van der Waals surface area (Å²) < 4.78 is 0. The molecule has 0 aromatic heterocycles. The van der Waals surface area contributed by atoms with Gasteiger partial charge in [-0.25, -0.2) is 0 Å². The van der Waals surface area contributed by atoms with Gasteiger partial charge in [0.1, 0.15) is 0 Å². The van der Waals surface area contributed by atoms with E-state index in [1.54, 1.807) is 18.2 Å². The van der Waals surface area contributed by atoms with Crippen LogP contribution in [0.1, 0.15) is 45.5 Å². The zero-order valence-corrected chi connectivity index (χ0v) is 14.0. The Morgan fingerprint density at radius 2 is 1.84 bits per heavy atom. The SMILES string of the molecule is N#CCc1cccc(C(=O)N2CCC[C@H]2CC(=O)c2ccccc2)c1. The summed E-state index contributed by atoms with van der Waals surface area (Å²) >= 11 is 0. The summed E-state index contributed by atoms with van der Waals surface area (Å²) in [7, 11) is 0. The Balaban J connectivity index is 1.73. The van der Waals surface area contributed by atoms with E-state index in [4.69, 9.17) is 5.26 Å². The van der Waals surface area contributed by atoms with Crippen LogP contribution in [0, 0.1) is 11.3 Å². The first-order valence-corrected chi connectivity index (χ1v) is 8.54. The molecule has 4 heteroatoms. The molecule has 25 heavy (non-hydrogen) atoms. The standard InChI is InChI=1S/C21H20N2O2/c22-12-11-16-6-4-9-18(14-16)21(25)23-13-5-10-19(23)15-20(24)17-7-2-1-3-8-17/h1-4,6-9,14,19H,5,10-11,13,15H2/t19-/m0/s1. The first kappa shape index (κ1) is 16.9. The molecule has 0 radical (unpaired) electrons. The van der Waals surface area contributed by atoms with Gasteiger partial charge in [-0.2, -0.15) is 5.26 Å². The van der Waals surface area contributed by atoms with Crippen LogP contribution in [0.2, 0.25) is 0 Å². The molecule has 4 nitrogen and oxygen atoms in total. The largest absolute Gasteiger partial charge is 0.335 e. The third-order valence-electron chi connectivity index (χ3n) is 4.61. The number of benzene rings is 2. The summed E-state index contributed by atoms with van der Waals surface area (Å²) in [4.78, 5) is 27.1. The maximum absolute atomic E-state index is 12.9. The smallest absolute Gasteiger partial charge is 0.254 e. The van der Waals surface area contributed by atoms with Gasteiger partial charge in [0.15, 0.2) is 5.78 Å². The van der Waals surface area contributed by atoms with Crippen LogP contribution in [0.4, 0.5) is 0 Å². The third-order valence-corrected chi connectivity index (χ3v) is 4.61. The van der Waals surface area contributed by atoms with Gasteiger partial charge >= 0.3 is 0 Å². The van der Waals surface area contributed by atoms with E-state index in [2.05, 4.69) is 6.07 Å². The van der Waals surface area contributed by atoms with Gasteiger partial charge in [-0.05, 0) is 30.5 Å². The molecule has 1 heterocycles. The van der Waals surface area contributed by atoms with Crippen molar-refractivity contribution in [3.05, 3.63) is 71.3 Å². The van der Waals surface area contributed by atoms with Crippen LogP contribution in [0.3, 0.4) is 0 Å². The van der Waals surface area contributed by atoms with Crippen LogP contribution in [-0.2, 0) is 6.42 Å². The number of Topliss-reactive ketones (excluding diaryl/α,β-unsaturated/α-hetero) is 1. The second kappa shape index (κ2) is 7.76. The fourth-order valence-electron chi connectivity index (χ4n) is 3.34. The number of rotatable bonds is 5. The average molecular weight is 332 g/mol. The molecule has 0 saturated carbocycles. The highest BCUT2D eigenvalue weighted by Crippen LogP contribution is 2.24. The minimum absolute atomic E-state index is 0.0526. The van der Waals surface area contributed by atoms with E-state index in [1.165, 1.54) is 0 Å². The first-order valence-electron chi connectivity index (χ1n) is 8.54. The van der Waals surface area contributed by atoms with Crippen molar-refractivity contribution in [2.45, 2.75) is 31.7 Å². The van der Waals surface area contributed by atoms with Crippen molar-refractivity contribution >= 4 is 11.7 Å². The number of amides is 1. The fraction of sp³-hybridized carbons (Fsp3) is 0.286. The molecule has 2 aromatic carbocycles. The molecular formula is C21H20N2O2. The molecular weight excluding hydrogens is 312 g/mol. The monoisotopic (exact) mass is 332 g/mol. The van der Waals surface area contributed by atoms with E-state index in [0.717, 1.165) is 18.4 Å². The van der Waals surface area contributed by atoms with Gasteiger partial charge in [0.05, 0.1) is 12.5 Å². The zero-order valence-electron chi connectivity index (χ0n) is 14.0. The number of nitrogens with zero attached hydrogens (tertiary/aromatic N) is 2. The topological polar surface area (TPSA) is 61.2 Å². The van der Waals surface area contributed by atoms with Crippen LogP contribution in [0.15, 0.2) is 54.6 Å². The normalized spacial score (nSPS) is 16.4. The quantitative estimate of drug-likeness (QED) is 0.786. The second-order valence-electron chi connectivity index (χ2n) is 6.32. The number of ketones is 1. The van der Waals surface area contributed by atoms with Gasteiger partial charge in [-0.1, -0.05) is 42.5 Å². The lowest BCUT2D eigenvalue weighted by Crippen LogP contribution is -2.36. The average Bonchev–Trinajstić information content (AvgIpc) is 3.10. The number of likely N-dealkylation sites (tertiary alicyclic amines) is 1. The van der Waals surface area contributed by atoms with Gasteiger partial charge in [-0.15, -0.1) is 0 Å². The Kier molecular flexibility index (Phi) is 5.25. The van der Waals surface area contributed by atoms with Crippen LogP contribution < -0.4 is 0 Å². The number of carbonyl (C=O) groups excluding carboxylic acids is 2. The Labute approximate surface area is 147 Å². The summed E-state index contributed by atoms with van der Waals surface area (Å²) in [6, 6.07) is 18.5. The highest BCUT2D eigenvalue weighted by molar-refractivity contribution is 5.98. The molecule has 3 rings (SSSR count). The minimum Gasteiger partial charge on any atom is -0.335 e. The minimum atomic E-state index is -0.0557. The van der Waals surface area contributed by atoms with E-state index in [1.807, 2.05) is 41.3 Å². The van der Waals surface area contributed by atoms with Crippen molar-refractivity contribution in [1.29, 1.82) is 5.26 Å². The van der Waals surface area contributed by atoms with Gasteiger partial charge in [0.2, 0.25) is 0 Å². The van der Waals surface area contributed by atoms with Crippen molar-refractivity contribution in [3.63, 3.8) is 0 Å². The molecule has 1 aliphatic heterocycles. The number of nitriles is 1. The predicted octanol–water partition coefficient (Wildman–Crippen LogP) is 3.63. The number of hydrogen-bond acceptors (Lipinski definition) is 3. The molecule has 0 unspecified atom stereocenters. The predicted molar refractivity (Wildman–Crippen MR) is 95.2 cm³/mol. The second-order valence-corrected chi connectivity index (χ2v) is 6.32. The summed E-state index contributed by atoms with van der Waals surface area (Å²) in [5.41, 5.74) is 2.12. The molecule has 1 atom stereocenters. The molecule has 1 aliphatic rings. The van der Waals surface area contributed by atoms with Gasteiger partial charge in [-0.3, -0.25) is 9.59 Å². The van der Waals surface area contributed by atoms with E-state index >= 15 is 0 Å². The van der Waals surface area contributed by atoms with E-state index in [9.17, 15) is 9.59 Å². The van der Waals surface area contributed by atoms with Crippen molar-refractivity contribution in [2.24, 2.45) is 0 Å². The Bertz CT molecular complexity index is 808. The molecule has 2 aromatic rings. The zero-order chi connectivity index (χ0) is 17.6. The van der Waals surface area contributed by atoms with Gasteiger partial charge in [0.25, 0.3) is 5.91 Å². The molecule has 0 spiro atoms. The molecule has 126 valence electrons. The maximum atomic E-state index is 12.9. The van der Waals surface area contributed by atoms with Crippen molar-refractivity contribution < 1.29 is 9.59 Å². The van der Waals surface area contributed by atoms with E-state index in [0.29, 0.717) is 24.1 Å². The van der Waals surface area contributed by atoms with Crippen LogP contribution >= 0.6 is 0 Å². The lowest BCUT2D eigenvalue weighted by atomic mass is 10.0. The van der Waals surface area contributed by atoms with Crippen LogP contribution in [0.5, 0.6) is 0 Å². The fourth-order valence-corrected chi connectivity index (χ4v) is 3.34. The maximum Gasteiger partial charge on any atom is 0.254 e. The lowest BCUT2D eigenvalue weighted by Gasteiger charge is -2.24. The van der Waals surface area contributed by atoms with E-state index in [-0.39, 0.29) is 24.2 Å². The Morgan fingerprint density at radius 1 is 1.08 bits per heavy atom. The summed E-state index contributed by atoms with van der Waals surface area (Å²) in [5.74, 6) is 0.0201. The molecule has 0 bridgehead atoms. The molecule has 1 amide bonds. The van der Waals surface area contributed by atoms with Gasteiger partial charge < -0.3 is 4.90 Å². The highest BCUT2D eigenvalue weighted by Gasteiger charge is 2.31. The molecule has 1 saturated heterocycles. The van der Waals surface area contributed by atoms with Gasteiger partial charge in [0, 0.05) is 30.1 Å².